The lowest BCUT2D eigenvalue weighted by Gasteiger charge is -2.08. The minimum atomic E-state index is -0.705. The monoisotopic (exact) mass is 223 g/mol. The summed E-state index contributed by atoms with van der Waals surface area (Å²) in [7, 11) is 0. The van der Waals surface area contributed by atoms with Gasteiger partial charge in [0.2, 0.25) is 0 Å². The molecule has 0 aliphatic rings. The Labute approximate surface area is 92.0 Å². The minimum absolute atomic E-state index is 0.213. The summed E-state index contributed by atoms with van der Waals surface area (Å²) in [5, 5.41) is 24.2. The van der Waals surface area contributed by atoms with Crippen molar-refractivity contribution in [2.24, 2.45) is 0 Å². The maximum atomic E-state index is 9.22. The van der Waals surface area contributed by atoms with Gasteiger partial charge in [0.1, 0.15) is 0 Å². The molecule has 0 bridgehead atoms. The van der Waals surface area contributed by atoms with Gasteiger partial charge in [-0.3, -0.25) is 0 Å². The number of thiophene rings is 1. The molecule has 0 fully saturated rings. The summed E-state index contributed by atoms with van der Waals surface area (Å²) in [6, 6.07) is 8.10. The number of rotatable bonds is 4. The zero-order chi connectivity index (χ0) is 10.7. The minimum Gasteiger partial charge on any atom is -0.394 e. The van der Waals surface area contributed by atoms with E-state index in [9.17, 15) is 5.11 Å². The molecule has 0 radical (unpaired) electrons. The Bertz CT molecular complexity index is 441. The maximum Gasteiger partial charge on any atom is 0.0942 e. The third-order valence-electron chi connectivity index (χ3n) is 2.22. The number of aliphatic hydroxyl groups excluding tert-OH is 2. The Balaban J connectivity index is 2.14. The normalized spacial score (nSPS) is 12.9. The first kappa shape index (κ1) is 10.4. The van der Waals surface area contributed by atoms with Crippen LogP contribution in [0.25, 0.3) is 10.1 Å². The summed E-state index contributed by atoms with van der Waals surface area (Å²) in [5.74, 6) is 0. The molecule has 2 rings (SSSR count). The van der Waals surface area contributed by atoms with Crippen LogP contribution in [0.1, 0.15) is 0 Å². The Morgan fingerprint density at radius 2 is 2.13 bits per heavy atom. The SMILES string of the molecule is OCC(O)CNc1csc2ccccc12. The highest BCUT2D eigenvalue weighted by Gasteiger charge is 2.05. The van der Waals surface area contributed by atoms with Crippen molar-refractivity contribution in [3.63, 3.8) is 0 Å². The lowest BCUT2D eigenvalue weighted by molar-refractivity contribution is 0.105. The van der Waals surface area contributed by atoms with Crippen LogP contribution in [0.3, 0.4) is 0 Å². The smallest absolute Gasteiger partial charge is 0.0942 e. The van der Waals surface area contributed by atoms with Crippen LogP contribution in [0.4, 0.5) is 5.69 Å². The van der Waals surface area contributed by atoms with Gasteiger partial charge in [0.25, 0.3) is 0 Å². The quantitative estimate of drug-likeness (QED) is 0.739. The molecule has 3 N–H and O–H groups in total. The average Bonchev–Trinajstić information content (AvgIpc) is 2.69. The summed E-state index contributed by atoms with van der Waals surface area (Å²) in [6.07, 6.45) is -0.705. The zero-order valence-corrected chi connectivity index (χ0v) is 9.00. The number of hydrogen-bond acceptors (Lipinski definition) is 4. The van der Waals surface area contributed by atoms with Gasteiger partial charge < -0.3 is 15.5 Å². The van der Waals surface area contributed by atoms with Crippen molar-refractivity contribution in [2.75, 3.05) is 18.5 Å². The number of anilines is 1. The number of hydrogen-bond donors (Lipinski definition) is 3. The predicted octanol–water partition coefficient (Wildman–Crippen LogP) is 1.67. The molecule has 0 spiro atoms. The van der Waals surface area contributed by atoms with Crippen LogP contribution < -0.4 is 5.32 Å². The van der Waals surface area contributed by atoms with Crippen molar-refractivity contribution in [3.8, 4) is 0 Å². The van der Waals surface area contributed by atoms with Gasteiger partial charge >= 0.3 is 0 Å². The van der Waals surface area contributed by atoms with Gasteiger partial charge in [0.05, 0.1) is 18.4 Å². The Morgan fingerprint density at radius 1 is 1.33 bits per heavy atom. The van der Waals surface area contributed by atoms with Crippen molar-refractivity contribution in [1.29, 1.82) is 0 Å². The van der Waals surface area contributed by atoms with E-state index in [1.807, 2.05) is 23.6 Å². The van der Waals surface area contributed by atoms with Gasteiger partial charge in [-0.05, 0) is 6.07 Å². The molecule has 0 saturated carbocycles. The molecule has 3 nitrogen and oxygen atoms in total. The van der Waals surface area contributed by atoms with E-state index in [1.54, 1.807) is 11.3 Å². The largest absolute Gasteiger partial charge is 0.394 e. The molecule has 2 aromatic rings. The molecule has 1 atom stereocenters. The Hall–Kier alpha value is -1.10. The molecule has 1 heterocycles. The van der Waals surface area contributed by atoms with Crippen molar-refractivity contribution in [3.05, 3.63) is 29.6 Å². The van der Waals surface area contributed by atoms with Crippen LogP contribution in [0, 0.1) is 0 Å². The van der Waals surface area contributed by atoms with Crippen LogP contribution in [0.5, 0.6) is 0 Å². The highest BCUT2D eigenvalue weighted by Crippen LogP contribution is 2.29. The van der Waals surface area contributed by atoms with E-state index in [0.717, 1.165) is 11.1 Å². The highest BCUT2D eigenvalue weighted by molar-refractivity contribution is 7.17. The lowest BCUT2D eigenvalue weighted by atomic mass is 10.2. The molecule has 1 unspecified atom stereocenters. The topological polar surface area (TPSA) is 52.5 Å². The fourth-order valence-corrected chi connectivity index (χ4v) is 2.32. The molecule has 15 heavy (non-hydrogen) atoms. The van der Waals surface area contributed by atoms with Gasteiger partial charge in [0.15, 0.2) is 0 Å². The van der Waals surface area contributed by atoms with Crippen LogP contribution in [-0.2, 0) is 0 Å². The number of aliphatic hydroxyl groups is 2. The molecular formula is C11H13NO2S. The molecule has 4 heteroatoms. The van der Waals surface area contributed by atoms with Crippen molar-refractivity contribution in [2.45, 2.75) is 6.10 Å². The Morgan fingerprint density at radius 3 is 2.93 bits per heavy atom. The fourth-order valence-electron chi connectivity index (χ4n) is 1.41. The van der Waals surface area contributed by atoms with E-state index in [0.29, 0.717) is 6.54 Å². The second-order valence-corrected chi connectivity index (χ2v) is 4.27. The van der Waals surface area contributed by atoms with Crippen molar-refractivity contribution < 1.29 is 10.2 Å². The zero-order valence-electron chi connectivity index (χ0n) is 8.18. The van der Waals surface area contributed by atoms with Crippen LogP contribution in [0.2, 0.25) is 0 Å². The molecule has 0 amide bonds. The van der Waals surface area contributed by atoms with Gasteiger partial charge in [-0.1, -0.05) is 18.2 Å². The van der Waals surface area contributed by atoms with Crippen LogP contribution in [0.15, 0.2) is 29.6 Å². The first-order valence-electron chi connectivity index (χ1n) is 4.80. The van der Waals surface area contributed by atoms with Crippen LogP contribution >= 0.6 is 11.3 Å². The van der Waals surface area contributed by atoms with Crippen molar-refractivity contribution in [1.82, 2.24) is 0 Å². The van der Waals surface area contributed by atoms with Crippen molar-refractivity contribution >= 4 is 27.1 Å². The first-order chi connectivity index (χ1) is 7.31. The number of nitrogens with one attached hydrogen (secondary N) is 1. The van der Waals surface area contributed by atoms with E-state index in [1.165, 1.54) is 4.70 Å². The van der Waals surface area contributed by atoms with Gasteiger partial charge in [0, 0.05) is 22.0 Å². The second-order valence-electron chi connectivity index (χ2n) is 3.36. The van der Waals surface area contributed by atoms with E-state index < -0.39 is 6.10 Å². The molecule has 0 aliphatic carbocycles. The second kappa shape index (κ2) is 4.61. The van der Waals surface area contributed by atoms with Gasteiger partial charge in [-0.25, -0.2) is 0 Å². The summed E-state index contributed by atoms with van der Waals surface area (Å²) >= 11 is 1.67. The fraction of sp³-hybridized carbons (Fsp3) is 0.273. The molecule has 0 saturated heterocycles. The van der Waals surface area contributed by atoms with Gasteiger partial charge in [-0.2, -0.15) is 0 Å². The summed E-state index contributed by atoms with van der Waals surface area (Å²) < 4.78 is 1.22. The van der Waals surface area contributed by atoms with E-state index in [2.05, 4.69) is 11.4 Å². The molecule has 1 aromatic heterocycles. The summed E-state index contributed by atoms with van der Waals surface area (Å²) in [6.45, 7) is 0.159. The predicted molar refractivity (Wildman–Crippen MR) is 63.4 cm³/mol. The summed E-state index contributed by atoms with van der Waals surface area (Å²) in [4.78, 5) is 0. The van der Waals surface area contributed by atoms with E-state index >= 15 is 0 Å². The average molecular weight is 223 g/mol. The molecule has 80 valence electrons. The Kier molecular flexibility index (Phi) is 3.20. The number of fused-ring (bicyclic) bond motifs is 1. The van der Waals surface area contributed by atoms with E-state index in [4.69, 9.17) is 5.11 Å². The molecular weight excluding hydrogens is 210 g/mol. The lowest BCUT2D eigenvalue weighted by Crippen LogP contribution is -2.22. The highest BCUT2D eigenvalue weighted by atomic mass is 32.1. The standard InChI is InChI=1S/C11H13NO2S/c13-6-8(14)5-12-10-7-15-11-4-2-1-3-9(10)11/h1-4,7-8,12-14H,5-6H2. The number of benzene rings is 1. The third-order valence-corrected chi connectivity index (χ3v) is 3.18. The molecule has 0 aliphatic heterocycles. The third kappa shape index (κ3) is 2.28. The summed E-state index contributed by atoms with van der Waals surface area (Å²) in [5.41, 5.74) is 1.02. The maximum absolute atomic E-state index is 9.22. The van der Waals surface area contributed by atoms with Gasteiger partial charge in [-0.15, -0.1) is 11.3 Å². The van der Waals surface area contributed by atoms with Crippen LogP contribution in [-0.4, -0.2) is 29.5 Å². The first-order valence-corrected chi connectivity index (χ1v) is 5.68. The van der Waals surface area contributed by atoms with E-state index in [-0.39, 0.29) is 6.61 Å². The molecule has 1 aromatic carbocycles.